The van der Waals surface area contributed by atoms with E-state index in [1.165, 1.54) is 0 Å². The summed E-state index contributed by atoms with van der Waals surface area (Å²) in [5, 5.41) is 1.06. The summed E-state index contributed by atoms with van der Waals surface area (Å²) in [7, 11) is 0. The second kappa shape index (κ2) is 7.45. The van der Waals surface area contributed by atoms with E-state index in [1.54, 1.807) is 0 Å². The van der Waals surface area contributed by atoms with Gasteiger partial charge in [0.15, 0.2) is 6.73 Å². The number of rotatable bonds is 3. The smallest absolute Gasteiger partial charge is 0.339 e. The molecule has 0 fully saturated rings. The molecule has 0 saturated carbocycles. The molecule has 2 heterocycles. The maximum absolute atomic E-state index is 12.4. The van der Waals surface area contributed by atoms with Gasteiger partial charge in [0.25, 0.3) is 0 Å². The highest BCUT2D eigenvalue weighted by molar-refractivity contribution is 5.88. The van der Waals surface area contributed by atoms with Crippen LogP contribution in [0, 0.1) is 6.92 Å². The molecule has 4 aromatic rings. The van der Waals surface area contributed by atoms with Gasteiger partial charge in [-0.1, -0.05) is 18.2 Å². The summed E-state index contributed by atoms with van der Waals surface area (Å²) in [4.78, 5) is 14.6. The van der Waals surface area contributed by atoms with Gasteiger partial charge in [0.2, 0.25) is 0 Å². The number of anilines is 1. The van der Waals surface area contributed by atoms with E-state index in [0.29, 0.717) is 12.3 Å². The molecule has 32 heavy (non-hydrogen) atoms. The maximum atomic E-state index is 12.4. The van der Waals surface area contributed by atoms with Crippen molar-refractivity contribution in [2.24, 2.45) is 0 Å². The van der Waals surface area contributed by atoms with Gasteiger partial charge in [-0.25, -0.2) is 4.79 Å². The highest BCUT2D eigenvalue weighted by Crippen LogP contribution is 2.39. The highest BCUT2D eigenvalue weighted by atomic mass is 16.5. The fourth-order valence-corrected chi connectivity index (χ4v) is 4.86. The van der Waals surface area contributed by atoms with Crippen LogP contribution in [0.5, 0.6) is 17.2 Å². The minimum Gasteiger partial charge on any atom is -0.472 e. The average molecular weight is 425 g/mol. The zero-order chi connectivity index (χ0) is 21.7. The first-order valence-electron chi connectivity index (χ1n) is 11.0. The van der Waals surface area contributed by atoms with Crippen LogP contribution in [0.2, 0.25) is 0 Å². The average Bonchev–Trinajstić information content (AvgIpc) is 3.32. The van der Waals surface area contributed by atoms with E-state index in [2.05, 4.69) is 23.1 Å². The lowest BCUT2D eigenvalue weighted by atomic mass is 9.99. The van der Waals surface area contributed by atoms with Crippen molar-refractivity contribution in [2.75, 3.05) is 11.6 Å². The first-order chi connectivity index (χ1) is 15.7. The van der Waals surface area contributed by atoms with Gasteiger partial charge < -0.3 is 18.8 Å². The summed E-state index contributed by atoms with van der Waals surface area (Å²) in [6, 6.07) is 20.0. The lowest BCUT2D eigenvalue weighted by Gasteiger charge is -2.32. The number of benzene rings is 3. The molecule has 0 bridgehead atoms. The number of ether oxygens (including phenoxy) is 2. The molecular formula is C27H23NO4. The van der Waals surface area contributed by atoms with Crippen LogP contribution in [0.4, 0.5) is 5.69 Å². The highest BCUT2D eigenvalue weighted by Gasteiger charge is 2.26. The van der Waals surface area contributed by atoms with Gasteiger partial charge >= 0.3 is 5.63 Å². The molecule has 0 amide bonds. The van der Waals surface area contributed by atoms with E-state index >= 15 is 0 Å². The molecular weight excluding hydrogens is 402 g/mol. The molecule has 0 N–H and O–H groups in total. The van der Waals surface area contributed by atoms with Crippen molar-refractivity contribution in [2.45, 2.75) is 32.7 Å². The quantitative estimate of drug-likeness (QED) is 0.392. The van der Waals surface area contributed by atoms with Crippen LogP contribution in [-0.2, 0) is 19.4 Å². The Kier molecular flexibility index (Phi) is 4.42. The fraction of sp³-hybridized carbons (Fsp3) is 0.222. The van der Waals surface area contributed by atoms with Crippen molar-refractivity contribution in [1.82, 2.24) is 0 Å². The van der Waals surface area contributed by atoms with Crippen molar-refractivity contribution in [1.29, 1.82) is 0 Å². The Morgan fingerprint density at radius 2 is 1.69 bits per heavy atom. The third kappa shape index (κ3) is 3.12. The standard InChI is InChI=1S/C27H23NO4/c1-17-25-18(14-24-22-8-5-9-23(22)27(29)32-26(17)24)15-28(16-30-25)19-10-12-21(13-11-19)31-20-6-3-2-4-7-20/h2-4,6-7,10-14H,5,8-9,15-16H2,1H3. The normalized spacial score (nSPS) is 14.7. The van der Waals surface area contributed by atoms with E-state index in [-0.39, 0.29) is 5.63 Å². The summed E-state index contributed by atoms with van der Waals surface area (Å²) < 4.78 is 17.8. The van der Waals surface area contributed by atoms with Crippen molar-refractivity contribution in [3.63, 3.8) is 0 Å². The molecule has 3 aromatic carbocycles. The Morgan fingerprint density at radius 1 is 0.938 bits per heavy atom. The lowest BCUT2D eigenvalue weighted by molar-refractivity contribution is 0.287. The van der Waals surface area contributed by atoms with Crippen molar-refractivity contribution >= 4 is 16.7 Å². The van der Waals surface area contributed by atoms with E-state index in [0.717, 1.165) is 76.4 Å². The van der Waals surface area contributed by atoms with Crippen molar-refractivity contribution in [3.8, 4) is 17.2 Å². The molecule has 0 atom stereocenters. The predicted molar refractivity (Wildman–Crippen MR) is 124 cm³/mol. The monoisotopic (exact) mass is 425 g/mol. The van der Waals surface area contributed by atoms with Gasteiger partial charge in [-0.3, -0.25) is 0 Å². The second-order valence-corrected chi connectivity index (χ2v) is 8.45. The van der Waals surface area contributed by atoms with Gasteiger partial charge in [-0.2, -0.15) is 0 Å². The zero-order valence-corrected chi connectivity index (χ0v) is 17.9. The van der Waals surface area contributed by atoms with Crippen LogP contribution in [-0.4, -0.2) is 6.73 Å². The molecule has 2 aliphatic rings. The molecule has 5 heteroatoms. The van der Waals surface area contributed by atoms with Gasteiger partial charge in [0, 0.05) is 34.3 Å². The van der Waals surface area contributed by atoms with Crippen LogP contribution in [0.3, 0.4) is 0 Å². The number of para-hydroxylation sites is 1. The number of hydrogen-bond acceptors (Lipinski definition) is 5. The second-order valence-electron chi connectivity index (χ2n) is 8.45. The Hall–Kier alpha value is -3.73. The Balaban J connectivity index is 1.31. The van der Waals surface area contributed by atoms with Gasteiger partial charge in [0.05, 0.1) is 0 Å². The minimum absolute atomic E-state index is 0.191. The third-order valence-electron chi connectivity index (χ3n) is 6.43. The summed E-state index contributed by atoms with van der Waals surface area (Å²) in [5.41, 5.74) is 5.58. The van der Waals surface area contributed by atoms with Crippen LogP contribution in [0.15, 0.2) is 69.9 Å². The third-order valence-corrected chi connectivity index (χ3v) is 6.43. The molecule has 1 aromatic heterocycles. The fourth-order valence-electron chi connectivity index (χ4n) is 4.86. The summed E-state index contributed by atoms with van der Waals surface area (Å²) in [6.45, 7) is 3.16. The van der Waals surface area contributed by atoms with Crippen LogP contribution in [0.25, 0.3) is 11.0 Å². The van der Waals surface area contributed by atoms with E-state index in [4.69, 9.17) is 13.9 Å². The topological polar surface area (TPSA) is 51.9 Å². The predicted octanol–water partition coefficient (Wildman–Crippen LogP) is 5.74. The lowest BCUT2D eigenvalue weighted by Crippen LogP contribution is -2.32. The van der Waals surface area contributed by atoms with Gasteiger partial charge in [-0.05, 0) is 74.2 Å². The van der Waals surface area contributed by atoms with Crippen LogP contribution in [0.1, 0.15) is 28.7 Å². The number of hydrogen-bond donors (Lipinski definition) is 0. The molecule has 0 saturated heterocycles. The van der Waals surface area contributed by atoms with Crippen LogP contribution >= 0.6 is 0 Å². The molecule has 0 radical (unpaired) electrons. The Morgan fingerprint density at radius 3 is 2.50 bits per heavy atom. The molecule has 6 rings (SSSR count). The number of fused-ring (bicyclic) bond motifs is 4. The molecule has 0 unspecified atom stereocenters. The van der Waals surface area contributed by atoms with Crippen molar-refractivity contribution in [3.05, 3.63) is 93.3 Å². The molecule has 5 nitrogen and oxygen atoms in total. The number of aryl methyl sites for hydroxylation is 2. The van der Waals surface area contributed by atoms with E-state index in [1.807, 2.05) is 49.4 Å². The van der Waals surface area contributed by atoms with Crippen molar-refractivity contribution < 1.29 is 13.9 Å². The largest absolute Gasteiger partial charge is 0.472 e. The summed E-state index contributed by atoms with van der Waals surface area (Å²) >= 11 is 0. The van der Waals surface area contributed by atoms with Crippen LogP contribution < -0.4 is 20.0 Å². The van der Waals surface area contributed by atoms with Gasteiger partial charge in [-0.15, -0.1) is 0 Å². The Labute approximate surface area is 185 Å². The summed E-state index contributed by atoms with van der Waals surface area (Å²) in [5.74, 6) is 2.45. The van der Waals surface area contributed by atoms with E-state index in [9.17, 15) is 4.79 Å². The van der Waals surface area contributed by atoms with E-state index < -0.39 is 0 Å². The SMILES string of the molecule is Cc1c2c(cc3c4c(c(=O)oc13)CCC4)CN(c1ccc(Oc3ccccc3)cc1)CO2. The minimum atomic E-state index is -0.191. The molecule has 1 aliphatic carbocycles. The zero-order valence-electron chi connectivity index (χ0n) is 17.9. The maximum Gasteiger partial charge on any atom is 0.339 e. The molecule has 1 aliphatic heterocycles. The number of nitrogens with zero attached hydrogens (tertiary/aromatic N) is 1. The Bertz CT molecular complexity index is 1370. The first-order valence-corrected chi connectivity index (χ1v) is 11.0. The molecule has 160 valence electrons. The first kappa shape index (κ1) is 19.0. The summed E-state index contributed by atoms with van der Waals surface area (Å²) in [6.07, 6.45) is 2.75. The molecule has 0 spiro atoms. The van der Waals surface area contributed by atoms with Gasteiger partial charge in [0.1, 0.15) is 22.8 Å².